The lowest BCUT2D eigenvalue weighted by Crippen LogP contribution is -2.48. The molecule has 2 aromatic carbocycles. The summed E-state index contributed by atoms with van der Waals surface area (Å²) in [7, 11) is 0. The Morgan fingerprint density at radius 3 is 2.41 bits per heavy atom. The minimum atomic E-state index is -0.500. The molecule has 1 aliphatic carbocycles. The van der Waals surface area contributed by atoms with Crippen molar-refractivity contribution in [2.24, 2.45) is 0 Å². The third-order valence-electron chi connectivity index (χ3n) is 6.74. The van der Waals surface area contributed by atoms with E-state index >= 15 is 4.39 Å². The first kappa shape index (κ1) is 22.1. The van der Waals surface area contributed by atoms with Crippen LogP contribution in [0.3, 0.4) is 0 Å². The van der Waals surface area contributed by atoms with E-state index in [4.69, 9.17) is 0 Å². The quantitative estimate of drug-likeness (QED) is 0.642. The van der Waals surface area contributed by atoms with Gasteiger partial charge in [0.15, 0.2) is 0 Å². The summed E-state index contributed by atoms with van der Waals surface area (Å²) in [5, 5.41) is 3.02. The van der Waals surface area contributed by atoms with Crippen molar-refractivity contribution in [2.45, 2.75) is 32.7 Å². The first-order valence-electron chi connectivity index (χ1n) is 11.6. The highest BCUT2D eigenvalue weighted by molar-refractivity contribution is 6.06. The Morgan fingerprint density at radius 2 is 1.76 bits per heavy atom. The molecular weight excluding hydrogens is 435 g/mol. The summed E-state index contributed by atoms with van der Waals surface area (Å²) in [6.45, 7) is 5.51. The molecule has 176 valence electrons. The lowest BCUT2D eigenvalue weighted by atomic mass is 10.1. The summed E-state index contributed by atoms with van der Waals surface area (Å²) in [6, 6.07) is 10.5. The van der Waals surface area contributed by atoms with Gasteiger partial charge >= 0.3 is 0 Å². The number of aryl methyl sites for hydroxylation is 1. The zero-order valence-electron chi connectivity index (χ0n) is 19.3. The minimum Gasteiger partial charge on any atom is -0.366 e. The number of hydrogen-bond donors (Lipinski definition) is 1. The Hall–Kier alpha value is -3.68. The van der Waals surface area contributed by atoms with Gasteiger partial charge in [-0.15, -0.1) is 0 Å². The molecule has 1 aliphatic heterocycles. The van der Waals surface area contributed by atoms with Gasteiger partial charge in [0, 0.05) is 56.4 Å². The number of hydrogen-bond acceptors (Lipinski definition) is 4. The van der Waals surface area contributed by atoms with Crippen LogP contribution in [0, 0.1) is 12.7 Å². The van der Waals surface area contributed by atoms with Gasteiger partial charge in [-0.2, -0.15) is 0 Å². The summed E-state index contributed by atoms with van der Waals surface area (Å²) >= 11 is 0. The van der Waals surface area contributed by atoms with Crippen LogP contribution in [0.2, 0.25) is 0 Å². The van der Waals surface area contributed by atoms with Crippen LogP contribution in [-0.4, -0.2) is 47.5 Å². The number of nitrogens with one attached hydrogen (secondary N) is 1. The van der Waals surface area contributed by atoms with Gasteiger partial charge in [0.2, 0.25) is 11.3 Å². The second-order valence-corrected chi connectivity index (χ2v) is 9.09. The van der Waals surface area contributed by atoms with E-state index in [1.54, 1.807) is 23.2 Å². The van der Waals surface area contributed by atoms with Crippen molar-refractivity contribution in [2.75, 3.05) is 36.4 Å². The van der Waals surface area contributed by atoms with Crippen LogP contribution in [-0.2, 0) is 4.79 Å². The number of carbonyl (C=O) groups excluding carboxylic acids is 2. The molecule has 1 aromatic heterocycles. The average molecular weight is 463 g/mol. The zero-order valence-corrected chi connectivity index (χ0v) is 19.3. The number of aromatic nitrogens is 1. The number of fused-ring (bicyclic) bond motifs is 1. The Balaban J connectivity index is 1.54. The molecule has 0 radical (unpaired) electrons. The van der Waals surface area contributed by atoms with Gasteiger partial charge in [-0.1, -0.05) is 18.2 Å². The second-order valence-electron chi connectivity index (χ2n) is 9.09. The van der Waals surface area contributed by atoms with Gasteiger partial charge < -0.3 is 19.7 Å². The van der Waals surface area contributed by atoms with E-state index in [9.17, 15) is 14.4 Å². The number of nitrogens with zero attached hydrogens (tertiary/aromatic N) is 3. The third kappa shape index (κ3) is 4.04. The summed E-state index contributed by atoms with van der Waals surface area (Å²) in [6.07, 6.45) is 3.51. The van der Waals surface area contributed by atoms with Crippen molar-refractivity contribution in [1.82, 2.24) is 9.47 Å². The molecule has 34 heavy (non-hydrogen) atoms. The monoisotopic (exact) mass is 462 g/mol. The number of rotatable bonds is 4. The highest BCUT2D eigenvalue weighted by Gasteiger charge is 2.29. The van der Waals surface area contributed by atoms with Gasteiger partial charge in [-0.05, 0) is 43.5 Å². The Morgan fingerprint density at radius 1 is 1.06 bits per heavy atom. The van der Waals surface area contributed by atoms with E-state index in [1.165, 1.54) is 13.0 Å². The highest BCUT2D eigenvalue weighted by Crippen LogP contribution is 2.38. The van der Waals surface area contributed by atoms with Crippen LogP contribution in [0.5, 0.6) is 0 Å². The number of halogens is 1. The van der Waals surface area contributed by atoms with E-state index in [0.717, 1.165) is 18.4 Å². The van der Waals surface area contributed by atoms with E-state index < -0.39 is 17.2 Å². The lowest BCUT2D eigenvalue weighted by Gasteiger charge is -2.36. The fourth-order valence-corrected chi connectivity index (χ4v) is 4.58. The van der Waals surface area contributed by atoms with Crippen molar-refractivity contribution in [3.05, 3.63) is 69.8 Å². The molecule has 2 aliphatic rings. The van der Waals surface area contributed by atoms with Crippen molar-refractivity contribution >= 4 is 34.1 Å². The zero-order chi connectivity index (χ0) is 24.0. The summed E-state index contributed by atoms with van der Waals surface area (Å²) in [5.74, 6) is -0.988. The van der Waals surface area contributed by atoms with Crippen LogP contribution in [0.4, 0.5) is 15.8 Å². The molecule has 7 nitrogen and oxygen atoms in total. The Kier molecular flexibility index (Phi) is 5.59. The summed E-state index contributed by atoms with van der Waals surface area (Å²) in [4.78, 5) is 41.6. The van der Waals surface area contributed by atoms with Gasteiger partial charge in [0.25, 0.3) is 5.91 Å². The molecule has 0 atom stereocenters. The highest BCUT2D eigenvalue weighted by atomic mass is 19.1. The van der Waals surface area contributed by atoms with Gasteiger partial charge in [-0.3, -0.25) is 14.4 Å². The largest absolute Gasteiger partial charge is 0.366 e. The van der Waals surface area contributed by atoms with Crippen molar-refractivity contribution < 1.29 is 14.0 Å². The minimum absolute atomic E-state index is 0.00451. The van der Waals surface area contributed by atoms with E-state index in [1.807, 2.05) is 34.6 Å². The summed E-state index contributed by atoms with van der Waals surface area (Å²) < 4.78 is 17.2. The fourth-order valence-electron chi connectivity index (χ4n) is 4.58. The number of pyridine rings is 1. The topological polar surface area (TPSA) is 74.7 Å². The van der Waals surface area contributed by atoms with Crippen molar-refractivity contribution in [3.63, 3.8) is 0 Å². The van der Waals surface area contributed by atoms with E-state index in [2.05, 4.69) is 5.32 Å². The smallest absolute Gasteiger partial charge is 0.261 e. The molecule has 0 bridgehead atoms. The molecule has 8 heteroatoms. The first-order chi connectivity index (χ1) is 16.3. The number of piperazine rings is 1. The molecule has 5 rings (SSSR count). The van der Waals surface area contributed by atoms with Crippen LogP contribution in [0.1, 0.15) is 41.7 Å². The molecule has 2 amide bonds. The van der Waals surface area contributed by atoms with Crippen LogP contribution in [0.25, 0.3) is 10.9 Å². The molecule has 3 aromatic rings. The number of benzene rings is 2. The fraction of sp³-hybridized carbons (Fsp3) is 0.346. The van der Waals surface area contributed by atoms with Gasteiger partial charge in [0.1, 0.15) is 11.4 Å². The maximum absolute atomic E-state index is 15.2. The first-order valence-corrected chi connectivity index (χ1v) is 11.6. The van der Waals surface area contributed by atoms with Crippen molar-refractivity contribution in [1.29, 1.82) is 0 Å². The second kappa shape index (κ2) is 8.59. The molecule has 1 saturated carbocycles. The third-order valence-corrected chi connectivity index (χ3v) is 6.74. The maximum atomic E-state index is 15.2. The van der Waals surface area contributed by atoms with E-state index in [-0.39, 0.29) is 22.9 Å². The van der Waals surface area contributed by atoms with Crippen LogP contribution >= 0.6 is 0 Å². The standard InChI is InChI=1S/C26H27FN4O3/c1-16-5-3-4-6-22(16)28-26(34)20-15-31(18-7-8-18)23-14-24(21(27)13-19(23)25(20)33)30-11-9-29(10-12-30)17(2)32/h3-6,13-15,18H,7-12H2,1-2H3,(H,28,34). The maximum Gasteiger partial charge on any atom is 0.261 e. The molecule has 2 fully saturated rings. The average Bonchev–Trinajstić information content (AvgIpc) is 3.66. The predicted octanol–water partition coefficient (Wildman–Crippen LogP) is 3.70. The Labute approximate surface area is 196 Å². The molecule has 1 N–H and O–H groups in total. The molecule has 1 saturated heterocycles. The number of anilines is 2. The van der Waals surface area contributed by atoms with Crippen LogP contribution < -0.4 is 15.6 Å². The van der Waals surface area contributed by atoms with Crippen LogP contribution in [0.15, 0.2) is 47.4 Å². The SMILES string of the molecule is CC(=O)N1CCN(c2cc3c(cc2F)c(=O)c(C(=O)Nc2ccccc2C)cn3C2CC2)CC1. The Bertz CT molecular complexity index is 1350. The van der Waals surface area contributed by atoms with Crippen molar-refractivity contribution in [3.8, 4) is 0 Å². The molecular formula is C26H27FN4O3. The van der Waals surface area contributed by atoms with Gasteiger partial charge in [-0.25, -0.2) is 4.39 Å². The van der Waals surface area contributed by atoms with E-state index in [0.29, 0.717) is 43.1 Å². The molecule has 0 spiro atoms. The lowest BCUT2D eigenvalue weighted by molar-refractivity contribution is -0.129. The predicted molar refractivity (Wildman–Crippen MR) is 130 cm³/mol. The number of para-hydroxylation sites is 1. The number of carbonyl (C=O) groups is 2. The molecule has 0 unspecified atom stereocenters. The normalized spacial score (nSPS) is 16.1. The summed E-state index contributed by atoms with van der Waals surface area (Å²) in [5.41, 5.74) is 2.09. The van der Waals surface area contributed by atoms with Gasteiger partial charge in [0.05, 0.1) is 11.2 Å². The molecule has 2 heterocycles. The number of amides is 2.